The van der Waals surface area contributed by atoms with Crippen molar-refractivity contribution in [1.82, 2.24) is 25.3 Å². The molecule has 0 amide bonds. The lowest BCUT2D eigenvalue weighted by molar-refractivity contribution is 0.182. The Morgan fingerprint density at radius 2 is 2.03 bits per heavy atom. The van der Waals surface area contributed by atoms with Crippen LogP contribution in [-0.2, 0) is 24.4 Å². The summed E-state index contributed by atoms with van der Waals surface area (Å²) in [6.07, 6.45) is 1.12. The van der Waals surface area contributed by atoms with Crippen molar-refractivity contribution in [2.45, 2.75) is 65.8 Å². The number of aryl methyl sites for hydroxylation is 1. The molecule has 0 bridgehead atoms. The number of hydrogen-bond acceptors (Lipinski definition) is 4. The van der Waals surface area contributed by atoms with E-state index in [1.54, 1.807) is 7.11 Å². The van der Waals surface area contributed by atoms with E-state index in [1.807, 2.05) is 4.68 Å². The average Bonchev–Trinajstić information content (AvgIpc) is 3.23. The molecular weight excluding hydrogens is 388 g/mol. The predicted molar refractivity (Wildman–Crippen MR) is 126 cm³/mol. The second kappa shape index (κ2) is 11.3. The highest BCUT2D eigenvalue weighted by Gasteiger charge is 2.29. The number of guanidine groups is 1. The van der Waals surface area contributed by atoms with Gasteiger partial charge in [-0.1, -0.05) is 30.3 Å². The van der Waals surface area contributed by atoms with Gasteiger partial charge >= 0.3 is 0 Å². The summed E-state index contributed by atoms with van der Waals surface area (Å²) < 4.78 is 7.21. The minimum Gasteiger partial charge on any atom is -0.383 e. The highest BCUT2D eigenvalue weighted by atomic mass is 16.5. The maximum atomic E-state index is 5.20. The van der Waals surface area contributed by atoms with E-state index in [0.29, 0.717) is 25.2 Å². The van der Waals surface area contributed by atoms with Gasteiger partial charge in [0.15, 0.2) is 5.96 Å². The maximum Gasteiger partial charge on any atom is 0.191 e. The van der Waals surface area contributed by atoms with Crippen molar-refractivity contribution in [2.75, 3.05) is 26.8 Å². The number of aromatic nitrogens is 2. The molecule has 2 atom stereocenters. The fraction of sp³-hybridized carbons (Fsp3) is 0.583. The minimum atomic E-state index is 0.392. The molecule has 2 aromatic rings. The molecule has 1 saturated heterocycles. The van der Waals surface area contributed by atoms with Crippen LogP contribution in [0, 0.1) is 13.8 Å². The third-order valence-electron chi connectivity index (χ3n) is 6.05. The number of methoxy groups -OCH3 is 1. The van der Waals surface area contributed by atoms with E-state index in [9.17, 15) is 0 Å². The van der Waals surface area contributed by atoms with E-state index < -0.39 is 0 Å². The maximum absolute atomic E-state index is 5.20. The van der Waals surface area contributed by atoms with Crippen molar-refractivity contribution >= 4 is 5.96 Å². The summed E-state index contributed by atoms with van der Waals surface area (Å²) in [7, 11) is 1.72. The summed E-state index contributed by atoms with van der Waals surface area (Å²) in [5.74, 6) is 0.879. The van der Waals surface area contributed by atoms with Crippen molar-refractivity contribution in [3.8, 4) is 0 Å². The highest BCUT2D eigenvalue weighted by Crippen LogP contribution is 2.20. The zero-order valence-corrected chi connectivity index (χ0v) is 19.7. The van der Waals surface area contributed by atoms with Crippen molar-refractivity contribution < 1.29 is 4.74 Å². The summed E-state index contributed by atoms with van der Waals surface area (Å²) >= 11 is 0. The first kappa shape index (κ1) is 23.3. The fourth-order valence-corrected chi connectivity index (χ4v) is 4.27. The van der Waals surface area contributed by atoms with Gasteiger partial charge in [0.05, 0.1) is 25.4 Å². The van der Waals surface area contributed by atoms with Crippen molar-refractivity contribution in [3.05, 3.63) is 52.8 Å². The first-order valence-electron chi connectivity index (χ1n) is 11.4. The molecule has 3 rings (SSSR count). The summed E-state index contributed by atoms with van der Waals surface area (Å²) in [6, 6.07) is 11.6. The predicted octanol–water partition coefficient (Wildman–Crippen LogP) is 2.86. The monoisotopic (exact) mass is 426 g/mol. The van der Waals surface area contributed by atoms with Crippen molar-refractivity contribution in [1.29, 1.82) is 0 Å². The lowest BCUT2D eigenvalue weighted by atomic mass is 10.2. The van der Waals surface area contributed by atoms with Gasteiger partial charge in [0.25, 0.3) is 0 Å². The smallest absolute Gasteiger partial charge is 0.191 e. The SMILES string of the molecule is CCNC(=NCc1c(C)nn(CCOC)c1C)NC1CC(C)N(Cc2ccccc2)C1. The Hall–Kier alpha value is -2.38. The molecule has 31 heavy (non-hydrogen) atoms. The molecule has 7 heteroatoms. The molecule has 2 heterocycles. The third kappa shape index (κ3) is 6.31. The average molecular weight is 427 g/mol. The Morgan fingerprint density at radius 1 is 1.26 bits per heavy atom. The Bertz CT molecular complexity index is 847. The summed E-state index contributed by atoms with van der Waals surface area (Å²) in [5.41, 5.74) is 4.76. The molecule has 1 fully saturated rings. The second-order valence-electron chi connectivity index (χ2n) is 8.40. The van der Waals surface area contributed by atoms with Crippen LogP contribution in [0.2, 0.25) is 0 Å². The van der Waals surface area contributed by atoms with E-state index in [-0.39, 0.29) is 0 Å². The van der Waals surface area contributed by atoms with Crippen LogP contribution in [0.3, 0.4) is 0 Å². The van der Waals surface area contributed by atoms with Crippen LogP contribution < -0.4 is 10.6 Å². The lowest BCUT2D eigenvalue weighted by Gasteiger charge is -2.21. The van der Waals surface area contributed by atoms with Gasteiger partial charge in [-0.3, -0.25) is 9.58 Å². The Balaban J connectivity index is 1.62. The molecule has 0 saturated carbocycles. The standard InChI is InChI=1S/C24H38N6O/c1-6-25-24(26-15-23-19(3)28-30(20(23)4)12-13-31-5)27-22-14-18(2)29(17-22)16-21-10-8-7-9-11-21/h7-11,18,22H,6,12-17H2,1-5H3,(H2,25,26,27). The van der Waals surface area contributed by atoms with Gasteiger partial charge in [0.2, 0.25) is 0 Å². The zero-order valence-electron chi connectivity index (χ0n) is 19.7. The number of benzene rings is 1. The number of aliphatic imine (C=N–C) groups is 1. The van der Waals surface area contributed by atoms with Crippen LogP contribution in [0.15, 0.2) is 35.3 Å². The number of nitrogens with zero attached hydrogens (tertiary/aromatic N) is 4. The highest BCUT2D eigenvalue weighted by molar-refractivity contribution is 5.80. The molecule has 170 valence electrons. The quantitative estimate of drug-likeness (QED) is 0.477. The van der Waals surface area contributed by atoms with E-state index in [4.69, 9.17) is 9.73 Å². The molecule has 7 nitrogen and oxygen atoms in total. The molecule has 1 aromatic heterocycles. The zero-order chi connectivity index (χ0) is 22.2. The van der Waals surface area contributed by atoms with Crippen LogP contribution in [0.5, 0.6) is 0 Å². The number of rotatable bonds is 9. The third-order valence-corrected chi connectivity index (χ3v) is 6.05. The van der Waals surface area contributed by atoms with Gasteiger partial charge in [-0.15, -0.1) is 0 Å². The molecule has 1 aliphatic rings. The summed E-state index contributed by atoms with van der Waals surface area (Å²) in [4.78, 5) is 7.43. The van der Waals surface area contributed by atoms with Crippen LogP contribution in [0.25, 0.3) is 0 Å². The van der Waals surface area contributed by atoms with E-state index in [2.05, 4.69) is 78.7 Å². The normalized spacial score (nSPS) is 19.7. The Labute approximate surface area is 186 Å². The molecule has 0 radical (unpaired) electrons. The molecule has 2 unspecified atom stereocenters. The van der Waals surface area contributed by atoms with Crippen LogP contribution in [0.4, 0.5) is 0 Å². The van der Waals surface area contributed by atoms with Gasteiger partial charge in [-0.25, -0.2) is 4.99 Å². The van der Waals surface area contributed by atoms with Crippen molar-refractivity contribution in [3.63, 3.8) is 0 Å². The second-order valence-corrected chi connectivity index (χ2v) is 8.40. The topological polar surface area (TPSA) is 66.7 Å². The van der Waals surface area contributed by atoms with Gasteiger partial charge in [0, 0.05) is 50.1 Å². The van der Waals surface area contributed by atoms with Gasteiger partial charge in [-0.05, 0) is 39.7 Å². The largest absolute Gasteiger partial charge is 0.383 e. The number of nitrogens with one attached hydrogen (secondary N) is 2. The Kier molecular flexibility index (Phi) is 8.49. The van der Waals surface area contributed by atoms with E-state index in [0.717, 1.165) is 49.9 Å². The minimum absolute atomic E-state index is 0.392. The van der Waals surface area contributed by atoms with E-state index >= 15 is 0 Å². The molecular formula is C24H38N6O. The van der Waals surface area contributed by atoms with Crippen molar-refractivity contribution in [2.24, 2.45) is 4.99 Å². The Morgan fingerprint density at radius 3 is 2.74 bits per heavy atom. The van der Waals surface area contributed by atoms with Crippen LogP contribution >= 0.6 is 0 Å². The van der Waals surface area contributed by atoms with Gasteiger partial charge < -0.3 is 15.4 Å². The number of ether oxygens (including phenoxy) is 1. The first-order chi connectivity index (χ1) is 15.0. The summed E-state index contributed by atoms with van der Waals surface area (Å²) in [5, 5.41) is 11.7. The van der Waals surface area contributed by atoms with Gasteiger partial charge in [0.1, 0.15) is 0 Å². The molecule has 2 N–H and O–H groups in total. The van der Waals surface area contributed by atoms with Crippen LogP contribution in [-0.4, -0.2) is 59.5 Å². The lowest BCUT2D eigenvalue weighted by Crippen LogP contribution is -2.44. The first-order valence-corrected chi connectivity index (χ1v) is 11.4. The fourth-order valence-electron chi connectivity index (χ4n) is 4.27. The summed E-state index contributed by atoms with van der Waals surface area (Å²) in [6.45, 7) is 13.5. The molecule has 0 spiro atoms. The number of likely N-dealkylation sites (tertiary alicyclic amines) is 1. The number of hydrogen-bond donors (Lipinski definition) is 2. The van der Waals surface area contributed by atoms with Crippen LogP contribution in [0.1, 0.15) is 42.8 Å². The van der Waals surface area contributed by atoms with E-state index in [1.165, 1.54) is 11.1 Å². The molecule has 1 aromatic carbocycles. The molecule has 1 aliphatic heterocycles. The van der Waals surface area contributed by atoms with Gasteiger partial charge in [-0.2, -0.15) is 5.10 Å². The molecule has 0 aliphatic carbocycles.